The first-order valence-electron chi connectivity index (χ1n) is 7.88. The van der Waals surface area contributed by atoms with Gasteiger partial charge in [0, 0.05) is 13.2 Å². The van der Waals surface area contributed by atoms with Crippen molar-refractivity contribution in [3.05, 3.63) is 0 Å². The van der Waals surface area contributed by atoms with E-state index >= 15 is 0 Å². The van der Waals surface area contributed by atoms with Crippen molar-refractivity contribution in [3.63, 3.8) is 0 Å². The highest BCUT2D eigenvalue weighted by Gasteiger charge is 2.33. The first-order chi connectivity index (χ1) is 8.60. The van der Waals surface area contributed by atoms with Gasteiger partial charge in [-0.05, 0) is 24.4 Å². The summed E-state index contributed by atoms with van der Waals surface area (Å²) < 4.78 is 12.3. The quantitative estimate of drug-likeness (QED) is 0.363. The molecule has 0 bridgehead atoms. The molecule has 0 unspecified atom stereocenters. The molecule has 0 aliphatic heterocycles. The van der Waals surface area contributed by atoms with Crippen molar-refractivity contribution >= 4 is 8.56 Å². The third-order valence-corrected chi connectivity index (χ3v) is 6.95. The topological polar surface area (TPSA) is 18.5 Å². The summed E-state index contributed by atoms with van der Waals surface area (Å²) >= 11 is 0. The van der Waals surface area contributed by atoms with E-state index in [9.17, 15) is 0 Å². The van der Waals surface area contributed by atoms with Crippen LogP contribution in [0.1, 0.15) is 66.7 Å². The third kappa shape index (κ3) is 8.28. The number of hydrogen-bond acceptors (Lipinski definition) is 2. The molecule has 0 aliphatic carbocycles. The minimum Gasteiger partial charge on any atom is -0.394 e. The van der Waals surface area contributed by atoms with Gasteiger partial charge in [-0.1, -0.05) is 60.3 Å². The normalized spacial score (nSPS) is 12.3. The van der Waals surface area contributed by atoms with Gasteiger partial charge in [-0.15, -0.1) is 0 Å². The van der Waals surface area contributed by atoms with E-state index in [1.165, 1.54) is 32.1 Å². The Bertz CT molecular complexity index is 179. The van der Waals surface area contributed by atoms with E-state index in [1.807, 2.05) is 0 Å². The Hall–Kier alpha value is 0.137. The largest absolute Gasteiger partial charge is 0.394 e. The minimum atomic E-state index is -1.87. The molecule has 0 N–H and O–H groups in total. The average Bonchev–Trinajstić information content (AvgIpc) is 2.37. The van der Waals surface area contributed by atoms with Gasteiger partial charge >= 0.3 is 8.56 Å². The molecule has 0 saturated heterocycles. The summed E-state index contributed by atoms with van der Waals surface area (Å²) in [6.07, 6.45) is 6.50. The van der Waals surface area contributed by atoms with Crippen molar-refractivity contribution in [2.75, 3.05) is 13.2 Å². The van der Waals surface area contributed by atoms with Crippen LogP contribution in [0.15, 0.2) is 0 Å². The molecule has 2 nitrogen and oxygen atoms in total. The standard InChI is InChI=1S/C15H34O2Si/c1-6-9-10-11-12-13-16-18(7-2,8-3)17-14-15(4)5/h15H,6-14H2,1-5H3. The molecule has 18 heavy (non-hydrogen) atoms. The van der Waals surface area contributed by atoms with Crippen LogP contribution in [0, 0.1) is 5.92 Å². The fraction of sp³-hybridized carbons (Fsp3) is 1.00. The second-order valence-corrected chi connectivity index (χ2v) is 9.40. The Kier molecular flexibility index (Phi) is 11.1. The first-order valence-corrected chi connectivity index (χ1v) is 10.1. The zero-order valence-corrected chi connectivity index (χ0v) is 14.3. The average molecular weight is 275 g/mol. The van der Waals surface area contributed by atoms with E-state index in [-0.39, 0.29) is 0 Å². The summed E-state index contributed by atoms with van der Waals surface area (Å²) in [5, 5.41) is 0. The van der Waals surface area contributed by atoms with Gasteiger partial charge < -0.3 is 8.85 Å². The summed E-state index contributed by atoms with van der Waals surface area (Å²) in [4.78, 5) is 0. The van der Waals surface area contributed by atoms with E-state index in [2.05, 4.69) is 34.6 Å². The van der Waals surface area contributed by atoms with Crippen molar-refractivity contribution in [2.45, 2.75) is 78.8 Å². The predicted octanol–water partition coefficient (Wildman–Crippen LogP) is 5.13. The van der Waals surface area contributed by atoms with Crippen molar-refractivity contribution in [1.82, 2.24) is 0 Å². The van der Waals surface area contributed by atoms with Crippen LogP contribution in [0.5, 0.6) is 0 Å². The zero-order valence-electron chi connectivity index (χ0n) is 13.3. The maximum atomic E-state index is 6.18. The van der Waals surface area contributed by atoms with Crippen LogP contribution < -0.4 is 0 Å². The Labute approximate surface area is 116 Å². The number of hydrogen-bond donors (Lipinski definition) is 0. The lowest BCUT2D eigenvalue weighted by Crippen LogP contribution is -2.42. The maximum absolute atomic E-state index is 6.18. The summed E-state index contributed by atoms with van der Waals surface area (Å²) in [7, 11) is -1.87. The molecule has 0 aromatic heterocycles. The number of unbranched alkanes of at least 4 members (excludes halogenated alkanes) is 4. The molecular formula is C15H34O2Si. The molecule has 0 aromatic carbocycles. The Morgan fingerprint density at radius 3 is 1.94 bits per heavy atom. The lowest BCUT2D eigenvalue weighted by molar-refractivity contribution is 0.150. The highest BCUT2D eigenvalue weighted by atomic mass is 28.4. The Morgan fingerprint density at radius 1 is 0.833 bits per heavy atom. The fourth-order valence-electron chi connectivity index (χ4n) is 1.98. The molecule has 0 fully saturated rings. The maximum Gasteiger partial charge on any atom is 0.337 e. The van der Waals surface area contributed by atoms with Crippen LogP contribution in [-0.4, -0.2) is 21.8 Å². The lowest BCUT2D eigenvalue weighted by atomic mass is 10.2. The molecule has 3 heteroatoms. The van der Waals surface area contributed by atoms with Crippen LogP contribution >= 0.6 is 0 Å². The zero-order chi connectivity index (χ0) is 13.9. The molecule has 0 radical (unpaired) electrons. The minimum absolute atomic E-state index is 0.600. The highest BCUT2D eigenvalue weighted by Crippen LogP contribution is 2.20. The molecule has 0 spiro atoms. The third-order valence-electron chi connectivity index (χ3n) is 3.37. The summed E-state index contributed by atoms with van der Waals surface area (Å²) in [6, 6.07) is 2.15. The molecule has 0 saturated carbocycles. The molecule has 0 aromatic rings. The number of rotatable bonds is 12. The van der Waals surface area contributed by atoms with Gasteiger partial charge in [0.05, 0.1) is 0 Å². The van der Waals surface area contributed by atoms with Crippen LogP contribution in [0.2, 0.25) is 12.1 Å². The van der Waals surface area contributed by atoms with E-state index in [0.717, 1.165) is 25.3 Å². The lowest BCUT2D eigenvalue weighted by Gasteiger charge is -2.29. The van der Waals surface area contributed by atoms with E-state index < -0.39 is 8.56 Å². The molecule has 0 aliphatic rings. The SMILES string of the molecule is CCCCCCCO[Si](CC)(CC)OCC(C)C. The van der Waals surface area contributed by atoms with Crippen molar-refractivity contribution in [1.29, 1.82) is 0 Å². The second kappa shape index (κ2) is 11.0. The Morgan fingerprint density at radius 2 is 1.44 bits per heavy atom. The molecular weight excluding hydrogens is 240 g/mol. The molecule has 0 amide bonds. The molecule has 0 atom stereocenters. The predicted molar refractivity (Wildman–Crippen MR) is 82.2 cm³/mol. The van der Waals surface area contributed by atoms with Crippen LogP contribution in [-0.2, 0) is 8.85 Å². The van der Waals surface area contributed by atoms with Crippen LogP contribution in [0.4, 0.5) is 0 Å². The van der Waals surface area contributed by atoms with E-state index in [1.54, 1.807) is 0 Å². The van der Waals surface area contributed by atoms with Gasteiger partial charge in [-0.25, -0.2) is 0 Å². The summed E-state index contributed by atoms with van der Waals surface area (Å²) in [6.45, 7) is 12.8. The van der Waals surface area contributed by atoms with Crippen molar-refractivity contribution in [2.24, 2.45) is 5.92 Å². The van der Waals surface area contributed by atoms with Crippen molar-refractivity contribution < 1.29 is 8.85 Å². The first kappa shape index (κ1) is 18.1. The van der Waals surface area contributed by atoms with Gasteiger partial charge in [-0.2, -0.15) is 0 Å². The van der Waals surface area contributed by atoms with Gasteiger partial charge in [-0.3, -0.25) is 0 Å². The molecule has 110 valence electrons. The highest BCUT2D eigenvalue weighted by molar-refractivity contribution is 6.67. The van der Waals surface area contributed by atoms with Gasteiger partial charge in [0.15, 0.2) is 0 Å². The fourth-order valence-corrected chi connectivity index (χ4v) is 4.54. The monoisotopic (exact) mass is 274 g/mol. The van der Waals surface area contributed by atoms with Crippen molar-refractivity contribution in [3.8, 4) is 0 Å². The smallest absolute Gasteiger partial charge is 0.337 e. The van der Waals surface area contributed by atoms with Gasteiger partial charge in [0.2, 0.25) is 0 Å². The van der Waals surface area contributed by atoms with Gasteiger partial charge in [0.25, 0.3) is 0 Å². The van der Waals surface area contributed by atoms with E-state index in [0.29, 0.717) is 5.92 Å². The molecule has 0 heterocycles. The summed E-state index contributed by atoms with van der Waals surface area (Å²) in [5.74, 6) is 0.600. The van der Waals surface area contributed by atoms with Crippen LogP contribution in [0.3, 0.4) is 0 Å². The Balaban J connectivity index is 3.87. The molecule has 0 rings (SSSR count). The summed E-state index contributed by atoms with van der Waals surface area (Å²) in [5.41, 5.74) is 0. The second-order valence-electron chi connectivity index (χ2n) is 5.59. The van der Waals surface area contributed by atoms with E-state index in [4.69, 9.17) is 8.85 Å². The van der Waals surface area contributed by atoms with Crippen LogP contribution in [0.25, 0.3) is 0 Å². The van der Waals surface area contributed by atoms with Gasteiger partial charge in [0.1, 0.15) is 0 Å².